The minimum atomic E-state index is -0.414. The third-order valence-corrected chi connectivity index (χ3v) is 6.41. The van der Waals surface area contributed by atoms with Crippen LogP contribution >= 0.6 is 0 Å². The predicted octanol–water partition coefficient (Wildman–Crippen LogP) is 2.02. The van der Waals surface area contributed by atoms with Gasteiger partial charge in [0.2, 0.25) is 12.7 Å². The van der Waals surface area contributed by atoms with Crippen molar-refractivity contribution >= 4 is 17.3 Å². The second kappa shape index (κ2) is 7.67. The van der Waals surface area contributed by atoms with E-state index in [9.17, 15) is 4.79 Å². The molecule has 0 saturated heterocycles. The lowest BCUT2D eigenvalue weighted by Gasteiger charge is -2.42. The predicted molar refractivity (Wildman–Crippen MR) is 118 cm³/mol. The molecule has 1 aromatic rings. The molecular weight excluding hydrogens is 412 g/mol. The molecule has 32 heavy (non-hydrogen) atoms. The van der Waals surface area contributed by atoms with Gasteiger partial charge in [-0.25, -0.2) is 0 Å². The minimum absolute atomic E-state index is 0.0670. The number of methoxy groups -OCH3 is 2. The van der Waals surface area contributed by atoms with Crippen molar-refractivity contribution in [2.24, 2.45) is 17.8 Å². The molecule has 9 nitrogen and oxygen atoms in total. The van der Waals surface area contributed by atoms with Crippen LogP contribution in [0.2, 0.25) is 0 Å². The lowest BCUT2D eigenvalue weighted by Crippen LogP contribution is -2.49. The van der Waals surface area contributed by atoms with E-state index in [1.807, 2.05) is 32.3 Å². The van der Waals surface area contributed by atoms with E-state index >= 15 is 0 Å². The van der Waals surface area contributed by atoms with Gasteiger partial charge in [-0.1, -0.05) is 6.92 Å². The Kier molecular flexibility index (Phi) is 4.93. The summed E-state index contributed by atoms with van der Waals surface area (Å²) in [5.74, 6) is 2.15. The monoisotopic (exact) mass is 440 g/mol. The number of benzene rings is 1. The second-order valence-electron chi connectivity index (χ2n) is 8.72. The van der Waals surface area contributed by atoms with E-state index in [0.717, 1.165) is 29.1 Å². The van der Waals surface area contributed by atoms with Gasteiger partial charge in [-0.15, -0.1) is 0 Å². The van der Waals surface area contributed by atoms with Gasteiger partial charge in [-0.3, -0.25) is 15.6 Å². The highest BCUT2D eigenvalue weighted by molar-refractivity contribution is 6.00. The Morgan fingerprint density at radius 3 is 2.56 bits per heavy atom. The molecule has 0 saturated carbocycles. The number of hydrazine groups is 1. The van der Waals surface area contributed by atoms with Crippen molar-refractivity contribution < 1.29 is 23.7 Å². The summed E-state index contributed by atoms with van der Waals surface area (Å²) in [6.07, 6.45) is 1.91. The van der Waals surface area contributed by atoms with Crippen molar-refractivity contribution in [2.75, 3.05) is 47.1 Å². The number of carbonyl (C=O) groups excluding carboxylic acids is 1. The molecule has 1 aliphatic carbocycles. The van der Waals surface area contributed by atoms with Crippen LogP contribution < -0.4 is 25.6 Å². The van der Waals surface area contributed by atoms with Crippen molar-refractivity contribution in [2.45, 2.75) is 6.92 Å². The molecular formula is C23H28N4O5. The lowest BCUT2D eigenvalue weighted by molar-refractivity contribution is -0.125. The van der Waals surface area contributed by atoms with Gasteiger partial charge in [0.05, 0.1) is 37.2 Å². The third kappa shape index (κ3) is 3.07. The average Bonchev–Trinajstić information content (AvgIpc) is 3.23. The van der Waals surface area contributed by atoms with Crippen LogP contribution in [0.3, 0.4) is 0 Å². The molecule has 4 aliphatic rings. The van der Waals surface area contributed by atoms with Crippen LogP contribution in [0, 0.1) is 17.8 Å². The highest BCUT2D eigenvalue weighted by Gasteiger charge is 2.47. The van der Waals surface area contributed by atoms with Crippen molar-refractivity contribution in [3.05, 3.63) is 46.6 Å². The van der Waals surface area contributed by atoms with E-state index in [0.29, 0.717) is 28.7 Å². The lowest BCUT2D eigenvalue weighted by atomic mass is 9.70. The molecule has 3 atom stereocenters. The van der Waals surface area contributed by atoms with Gasteiger partial charge in [0.25, 0.3) is 0 Å². The molecule has 170 valence electrons. The molecule has 0 fully saturated rings. The van der Waals surface area contributed by atoms with Crippen LogP contribution in [-0.4, -0.2) is 52.5 Å². The van der Waals surface area contributed by atoms with E-state index in [4.69, 9.17) is 18.9 Å². The SMILES string of the molecule is COC1=C(OC)C(C(C)CN(C)C)C2C(=O)NC3=C(NNc4cc5c(cc43)OCO5)C2=C1. The Morgan fingerprint density at radius 1 is 1.12 bits per heavy atom. The normalized spacial score (nSPS) is 23.9. The summed E-state index contributed by atoms with van der Waals surface area (Å²) in [7, 11) is 7.31. The molecule has 3 heterocycles. The van der Waals surface area contributed by atoms with Crippen LogP contribution in [-0.2, 0) is 14.3 Å². The van der Waals surface area contributed by atoms with E-state index in [1.165, 1.54) is 0 Å². The minimum Gasteiger partial charge on any atom is -0.497 e. The molecule has 9 heteroatoms. The number of hydrogen-bond donors (Lipinski definition) is 3. The second-order valence-corrected chi connectivity index (χ2v) is 8.72. The van der Waals surface area contributed by atoms with Crippen molar-refractivity contribution in [1.29, 1.82) is 0 Å². The summed E-state index contributed by atoms with van der Waals surface area (Å²) in [5, 5.41) is 3.15. The molecule has 3 unspecified atom stereocenters. The van der Waals surface area contributed by atoms with Crippen LogP contribution in [0.1, 0.15) is 12.5 Å². The molecule has 3 aliphatic heterocycles. The first-order valence-electron chi connectivity index (χ1n) is 10.6. The smallest absolute Gasteiger partial charge is 0.232 e. The first-order chi connectivity index (χ1) is 15.4. The number of allylic oxidation sites excluding steroid dienone is 3. The quantitative estimate of drug-likeness (QED) is 0.641. The molecule has 3 N–H and O–H groups in total. The van der Waals surface area contributed by atoms with Gasteiger partial charge in [0.1, 0.15) is 5.76 Å². The number of ether oxygens (including phenoxy) is 4. The topological polar surface area (TPSA) is 93.3 Å². The highest BCUT2D eigenvalue weighted by atomic mass is 16.7. The van der Waals surface area contributed by atoms with Crippen molar-refractivity contribution in [3.63, 3.8) is 0 Å². The zero-order chi connectivity index (χ0) is 22.6. The van der Waals surface area contributed by atoms with E-state index in [1.54, 1.807) is 14.2 Å². The van der Waals surface area contributed by atoms with Gasteiger partial charge in [0, 0.05) is 24.1 Å². The molecule has 0 bridgehead atoms. The maximum atomic E-state index is 13.6. The number of nitrogens with zero attached hydrogens (tertiary/aromatic N) is 1. The fraction of sp³-hybridized carbons (Fsp3) is 0.435. The highest BCUT2D eigenvalue weighted by Crippen LogP contribution is 2.48. The zero-order valence-corrected chi connectivity index (χ0v) is 18.9. The third-order valence-electron chi connectivity index (χ3n) is 6.41. The first kappa shape index (κ1) is 20.6. The summed E-state index contributed by atoms with van der Waals surface area (Å²) in [6, 6.07) is 3.76. The molecule has 0 aromatic heterocycles. The molecule has 0 spiro atoms. The van der Waals surface area contributed by atoms with Crippen LogP contribution in [0.15, 0.2) is 41.0 Å². The van der Waals surface area contributed by atoms with E-state index < -0.39 is 5.92 Å². The van der Waals surface area contributed by atoms with E-state index in [-0.39, 0.29) is 24.5 Å². The number of rotatable bonds is 5. The Balaban J connectivity index is 1.65. The Hall–Kier alpha value is -3.33. The van der Waals surface area contributed by atoms with Crippen LogP contribution in [0.4, 0.5) is 5.69 Å². The summed E-state index contributed by atoms with van der Waals surface area (Å²) in [5.41, 5.74) is 10.6. The standard InChI is InChI=1S/C23H28N4O5/c1-11(9-27(2)3)18-19-13(7-17(29-4)22(18)30-5)21-20(24-23(19)28)12-6-15-16(32-10-31-15)8-14(12)25-26-21/h6-8,11,18-19,25-26H,9-10H2,1-5H3,(H,24,28). The van der Waals surface area contributed by atoms with Crippen LogP contribution in [0.25, 0.3) is 5.70 Å². The summed E-state index contributed by atoms with van der Waals surface area (Å²) in [4.78, 5) is 15.7. The fourth-order valence-corrected chi connectivity index (χ4v) is 5.14. The number of hydrogen-bond acceptors (Lipinski definition) is 8. The summed E-state index contributed by atoms with van der Waals surface area (Å²) < 4.78 is 22.5. The average molecular weight is 441 g/mol. The largest absolute Gasteiger partial charge is 0.497 e. The summed E-state index contributed by atoms with van der Waals surface area (Å²) >= 11 is 0. The molecule has 1 aromatic carbocycles. The fourth-order valence-electron chi connectivity index (χ4n) is 5.14. The van der Waals surface area contributed by atoms with Gasteiger partial charge < -0.3 is 29.2 Å². The first-order valence-corrected chi connectivity index (χ1v) is 10.6. The van der Waals surface area contributed by atoms with E-state index in [2.05, 4.69) is 28.0 Å². The van der Waals surface area contributed by atoms with Crippen molar-refractivity contribution in [3.8, 4) is 11.5 Å². The van der Waals surface area contributed by atoms with Crippen molar-refractivity contribution in [1.82, 2.24) is 15.6 Å². The maximum absolute atomic E-state index is 13.6. The number of fused-ring (bicyclic) bond motifs is 5. The zero-order valence-electron chi connectivity index (χ0n) is 18.9. The molecule has 1 amide bonds. The van der Waals surface area contributed by atoms with Crippen LogP contribution in [0.5, 0.6) is 11.5 Å². The number of anilines is 1. The number of nitrogens with one attached hydrogen (secondary N) is 3. The number of amides is 1. The Morgan fingerprint density at radius 2 is 1.88 bits per heavy atom. The molecule has 0 radical (unpaired) electrons. The summed E-state index contributed by atoms with van der Waals surface area (Å²) in [6.45, 7) is 3.12. The van der Waals surface area contributed by atoms with Gasteiger partial charge in [0.15, 0.2) is 17.3 Å². The van der Waals surface area contributed by atoms with Gasteiger partial charge in [-0.05, 0) is 37.7 Å². The Bertz CT molecular complexity index is 1070. The van der Waals surface area contributed by atoms with Gasteiger partial charge >= 0.3 is 0 Å². The molecule has 5 rings (SSSR count). The van der Waals surface area contributed by atoms with Gasteiger partial charge in [-0.2, -0.15) is 0 Å². The Labute approximate surface area is 187 Å². The maximum Gasteiger partial charge on any atom is 0.232 e. The number of carbonyl (C=O) groups is 1.